The smallest absolute Gasteiger partial charge is 0.378 e. The molecule has 2 aliphatic carbocycles. The summed E-state index contributed by atoms with van der Waals surface area (Å²) in [5.74, 6) is -3.86. The van der Waals surface area contributed by atoms with Crippen LogP contribution in [0.2, 0.25) is 0 Å². The van der Waals surface area contributed by atoms with Crippen LogP contribution >= 0.6 is 0 Å². The number of carbonyl (C=O) groups is 1. The Bertz CT molecular complexity index is 2660. The van der Waals surface area contributed by atoms with Crippen molar-refractivity contribution in [3.63, 3.8) is 0 Å². The van der Waals surface area contributed by atoms with Crippen molar-refractivity contribution in [2.75, 3.05) is 11.0 Å². The van der Waals surface area contributed by atoms with Gasteiger partial charge in [0.15, 0.2) is 11.5 Å². The van der Waals surface area contributed by atoms with E-state index < -0.39 is 86.6 Å². The number of fused-ring (bicyclic) bond motifs is 4. The van der Waals surface area contributed by atoms with Gasteiger partial charge in [0, 0.05) is 41.1 Å². The molecule has 312 valence electrons. The Morgan fingerprint density at radius 3 is 2.36 bits per heavy atom. The molecular formula is C40H38F7N7O4S. The lowest BCUT2D eigenvalue weighted by molar-refractivity contribution is -0.144. The van der Waals surface area contributed by atoms with Gasteiger partial charge in [0.05, 0.1) is 23.5 Å². The number of halogens is 7. The zero-order valence-corrected chi connectivity index (χ0v) is 33.0. The maximum atomic E-state index is 15.7. The number of sulfonamides is 1. The van der Waals surface area contributed by atoms with E-state index in [1.807, 2.05) is 0 Å². The number of nitrogens with zero attached hydrogens (tertiary/aromatic N) is 5. The maximum absolute atomic E-state index is 15.7. The second-order valence-electron chi connectivity index (χ2n) is 15.5. The van der Waals surface area contributed by atoms with E-state index in [1.165, 1.54) is 17.7 Å². The number of alkyl halides is 5. The molecule has 1 saturated carbocycles. The fraction of sp³-hybridized carbons (Fsp3) is 0.400. The van der Waals surface area contributed by atoms with Crippen LogP contribution in [0.1, 0.15) is 79.5 Å². The van der Waals surface area contributed by atoms with Crippen molar-refractivity contribution >= 4 is 32.7 Å². The molecule has 19 heteroatoms. The van der Waals surface area contributed by atoms with E-state index in [0.29, 0.717) is 27.2 Å². The molecule has 1 fully saturated rings. The Hall–Kier alpha value is -5.48. The molecule has 1 unspecified atom stereocenters. The number of aromatic nitrogens is 5. The average molecular weight is 846 g/mol. The molecule has 1 amide bonds. The summed E-state index contributed by atoms with van der Waals surface area (Å²) in [4.78, 5) is 18.8. The number of aliphatic hydroxyl groups is 1. The van der Waals surface area contributed by atoms with E-state index in [-0.39, 0.29) is 53.5 Å². The van der Waals surface area contributed by atoms with Crippen LogP contribution in [-0.4, -0.2) is 55.8 Å². The Balaban J connectivity index is 1.39. The first-order chi connectivity index (χ1) is 27.4. The summed E-state index contributed by atoms with van der Waals surface area (Å²) in [7, 11) is -2.24. The summed E-state index contributed by atoms with van der Waals surface area (Å²) in [6.07, 6.45) is -4.41. The van der Waals surface area contributed by atoms with Gasteiger partial charge in [0.1, 0.15) is 35.2 Å². The highest BCUT2D eigenvalue weighted by molar-refractivity contribution is 7.92. The Morgan fingerprint density at radius 1 is 1.05 bits per heavy atom. The van der Waals surface area contributed by atoms with Crippen LogP contribution in [0.3, 0.4) is 0 Å². The summed E-state index contributed by atoms with van der Waals surface area (Å²) < 4.78 is 132. The van der Waals surface area contributed by atoms with Gasteiger partial charge in [-0.1, -0.05) is 31.9 Å². The number of carbonyl (C=O) groups excluding carboxylic acids is 1. The molecule has 0 saturated heterocycles. The molecule has 59 heavy (non-hydrogen) atoms. The molecule has 11 nitrogen and oxygen atoms in total. The highest BCUT2D eigenvalue weighted by Crippen LogP contribution is 2.64. The van der Waals surface area contributed by atoms with Crippen LogP contribution in [0.25, 0.3) is 22.0 Å². The molecule has 2 aromatic carbocycles. The van der Waals surface area contributed by atoms with Gasteiger partial charge in [-0.05, 0) is 79.8 Å². The number of benzene rings is 2. The van der Waals surface area contributed by atoms with Crippen LogP contribution in [0.4, 0.5) is 36.6 Å². The van der Waals surface area contributed by atoms with Gasteiger partial charge in [-0.2, -0.15) is 32.1 Å². The lowest BCUT2D eigenvalue weighted by Gasteiger charge is -2.34. The fourth-order valence-electron chi connectivity index (χ4n) is 7.69. The highest BCUT2D eigenvalue weighted by Gasteiger charge is 2.63. The Kier molecular flexibility index (Phi) is 10.4. The van der Waals surface area contributed by atoms with Crippen LogP contribution < -0.4 is 10.0 Å². The van der Waals surface area contributed by atoms with Gasteiger partial charge < -0.3 is 10.4 Å². The number of anilines is 1. The molecule has 2 aliphatic rings. The zero-order valence-electron chi connectivity index (χ0n) is 32.2. The third-order valence-corrected chi connectivity index (χ3v) is 11.5. The quantitative estimate of drug-likeness (QED) is 0.102. The predicted octanol–water partition coefficient (Wildman–Crippen LogP) is 6.96. The largest absolute Gasteiger partial charge is 0.435 e. The van der Waals surface area contributed by atoms with Gasteiger partial charge in [0.25, 0.3) is 5.92 Å². The molecule has 7 rings (SSSR count). The van der Waals surface area contributed by atoms with E-state index >= 15 is 8.78 Å². The predicted molar refractivity (Wildman–Crippen MR) is 202 cm³/mol. The van der Waals surface area contributed by atoms with Crippen molar-refractivity contribution in [2.45, 2.75) is 76.2 Å². The number of hydrogen-bond acceptors (Lipinski definition) is 7. The second kappa shape index (κ2) is 14.7. The molecule has 0 spiro atoms. The molecule has 0 bridgehead atoms. The molecule has 3 heterocycles. The summed E-state index contributed by atoms with van der Waals surface area (Å²) in [5, 5.41) is 21.7. The third kappa shape index (κ3) is 7.99. The minimum absolute atomic E-state index is 0.00236. The van der Waals surface area contributed by atoms with Crippen molar-refractivity contribution in [1.29, 1.82) is 0 Å². The lowest BCUT2D eigenvalue weighted by atomic mass is 9.73. The van der Waals surface area contributed by atoms with Gasteiger partial charge in [0.2, 0.25) is 15.9 Å². The molecule has 0 radical (unpaired) electrons. The van der Waals surface area contributed by atoms with Gasteiger partial charge in [-0.15, -0.1) is 0 Å². The number of hydrogen-bond donors (Lipinski definition) is 3. The number of amides is 1. The first kappa shape index (κ1) is 41.7. The second-order valence-corrected chi connectivity index (χ2v) is 17.3. The number of rotatable bonds is 10. The molecule has 3 aromatic heterocycles. The number of pyridine rings is 1. The molecule has 0 aliphatic heterocycles. The van der Waals surface area contributed by atoms with E-state index in [1.54, 1.807) is 45.2 Å². The summed E-state index contributed by atoms with van der Waals surface area (Å²) in [5.41, 5.74) is -3.43. The molecule has 3 N–H and O–H groups in total. The van der Waals surface area contributed by atoms with Crippen LogP contribution in [0, 0.1) is 35.3 Å². The highest BCUT2D eigenvalue weighted by atomic mass is 32.2. The van der Waals surface area contributed by atoms with Crippen molar-refractivity contribution in [1.82, 2.24) is 29.9 Å². The third-order valence-electron chi connectivity index (χ3n) is 10.9. The number of nitrogens with one attached hydrogen (secondary N) is 2. The minimum atomic E-state index is -5.08. The van der Waals surface area contributed by atoms with Crippen LogP contribution in [-0.2, 0) is 46.9 Å². The molecular weight excluding hydrogens is 808 g/mol. The lowest BCUT2D eigenvalue weighted by Crippen LogP contribution is -2.36. The maximum Gasteiger partial charge on any atom is 0.435 e. The van der Waals surface area contributed by atoms with Crippen molar-refractivity contribution < 1.29 is 49.1 Å². The summed E-state index contributed by atoms with van der Waals surface area (Å²) in [6, 6.07) is 9.20. The Morgan fingerprint density at radius 2 is 1.75 bits per heavy atom. The Labute approximate surface area is 334 Å². The number of aryl methyl sites for hydroxylation is 1. The normalized spacial score (nSPS) is 18.7. The average Bonchev–Trinajstić information content (AvgIpc) is 3.67. The first-order valence-corrected chi connectivity index (χ1v) is 20.3. The van der Waals surface area contributed by atoms with Gasteiger partial charge in [-0.25, -0.2) is 22.2 Å². The summed E-state index contributed by atoms with van der Waals surface area (Å²) in [6.45, 7) is 3.91. The molecule has 4 atom stereocenters. The standard InChI is InChI=1S/C40H38F7N7O4S/c1-20(2)38(3,56)14-13-24-9-10-25(26-7-6-8-28-34(26)53(4)51-37(28)52-59(5,57)58)33(48-24)30(17-21-15-22(41)18-23(42)16-21)49-31(55)19-54-36-32(35(50-54)40(45,46)47)27-11-12-29(27)39(36,43)44/h6-10,15-16,18,20,27,29-30,56H,11-12,17,19H2,1-5H3,(H,49,55)(H,51,52)/t27-,29+,30-,38?/m0/s1. The van der Waals surface area contributed by atoms with E-state index in [4.69, 9.17) is 4.98 Å². The van der Waals surface area contributed by atoms with E-state index in [2.05, 4.69) is 32.1 Å². The topological polar surface area (TPSA) is 144 Å². The first-order valence-electron chi connectivity index (χ1n) is 18.5. The monoisotopic (exact) mass is 845 g/mol. The van der Waals surface area contributed by atoms with Crippen LogP contribution in [0.5, 0.6) is 0 Å². The van der Waals surface area contributed by atoms with E-state index in [0.717, 1.165) is 18.4 Å². The molecule has 5 aromatic rings. The van der Waals surface area contributed by atoms with Crippen LogP contribution in [0.15, 0.2) is 48.5 Å². The SMILES string of the molecule is CC(C)C(C)(O)C#Cc1ccc(-c2cccc3c(NS(C)(=O)=O)nn(C)c23)c([C@H](Cc2cc(F)cc(F)c2)NC(=O)Cn2nc(C(F)(F)F)c3c2C(F)(F)[C@@H]2CC[C@H]32)n1. The van der Waals surface area contributed by atoms with Crippen molar-refractivity contribution in [3.8, 4) is 23.0 Å². The van der Waals surface area contributed by atoms with Crippen molar-refractivity contribution in [2.24, 2.45) is 18.9 Å². The van der Waals surface area contributed by atoms with Gasteiger partial charge >= 0.3 is 6.18 Å². The fourth-order valence-corrected chi connectivity index (χ4v) is 8.19. The summed E-state index contributed by atoms with van der Waals surface area (Å²) >= 11 is 0. The van der Waals surface area contributed by atoms with Crippen molar-refractivity contribution in [3.05, 3.63) is 94.1 Å². The van der Waals surface area contributed by atoms with E-state index in [9.17, 15) is 40.3 Å². The minimum Gasteiger partial charge on any atom is -0.378 e. The van der Waals surface area contributed by atoms with Gasteiger partial charge in [-0.3, -0.25) is 18.9 Å². The zero-order chi connectivity index (χ0) is 43.0. The number of para-hydroxylation sites is 1.